The Bertz CT molecular complexity index is 813. The lowest BCUT2D eigenvalue weighted by Crippen LogP contribution is -2.14. The van der Waals surface area contributed by atoms with Gasteiger partial charge in [-0.1, -0.05) is 12.1 Å². The van der Waals surface area contributed by atoms with E-state index < -0.39 is 20.7 Å². The van der Waals surface area contributed by atoms with E-state index >= 15 is 0 Å². The zero-order valence-corrected chi connectivity index (χ0v) is 11.6. The molecular formula is C14H11FN2O3S. The number of halogens is 1. The van der Waals surface area contributed by atoms with Crippen molar-refractivity contribution in [3.8, 4) is 11.8 Å². The Hall–Kier alpha value is -2.43. The summed E-state index contributed by atoms with van der Waals surface area (Å²) in [6.07, 6.45) is 0. The second-order valence-electron chi connectivity index (χ2n) is 4.24. The topological polar surface area (TPSA) is 93.2 Å². The predicted molar refractivity (Wildman–Crippen MR) is 73.3 cm³/mol. The molecule has 0 spiro atoms. The van der Waals surface area contributed by atoms with Gasteiger partial charge < -0.3 is 4.74 Å². The minimum absolute atomic E-state index is 0.0314. The molecule has 0 amide bonds. The minimum atomic E-state index is -4.09. The Morgan fingerprint density at radius 2 is 2.00 bits per heavy atom. The number of hydrogen-bond acceptors (Lipinski definition) is 4. The average molecular weight is 306 g/mol. The molecule has 0 bridgehead atoms. The van der Waals surface area contributed by atoms with Crippen LogP contribution in [0.1, 0.15) is 11.1 Å². The lowest BCUT2D eigenvalue weighted by atomic mass is 10.1. The molecule has 0 aliphatic carbocycles. The van der Waals surface area contributed by atoms with Gasteiger partial charge in [-0.3, -0.25) is 0 Å². The molecule has 0 unspecified atom stereocenters. The molecule has 0 radical (unpaired) electrons. The molecule has 21 heavy (non-hydrogen) atoms. The van der Waals surface area contributed by atoms with Crippen molar-refractivity contribution < 1.29 is 17.5 Å². The van der Waals surface area contributed by atoms with Crippen LogP contribution in [0.25, 0.3) is 0 Å². The average Bonchev–Trinajstić information content (AvgIpc) is 2.45. The number of primary sulfonamides is 1. The highest BCUT2D eigenvalue weighted by molar-refractivity contribution is 7.89. The van der Waals surface area contributed by atoms with Gasteiger partial charge in [0.25, 0.3) is 0 Å². The summed E-state index contributed by atoms with van der Waals surface area (Å²) in [5, 5.41) is 13.8. The Kier molecular flexibility index (Phi) is 4.21. The van der Waals surface area contributed by atoms with Gasteiger partial charge in [-0.2, -0.15) is 5.26 Å². The van der Waals surface area contributed by atoms with Crippen molar-refractivity contribution in [3.63, 3.8) is 0 Å². The van der Waals surface area contributed by atoms with E-state index in [9.17, 15) is 12.8 Å². The van der Waals surface area contributed by atoms with Crippen molar-refractivity contribution in [1.82, 2.24) is 0 Å². The van der Waals surface area contributed by atoms with Crippen LogP contribution in [0.15, 0.2) is 47.4 Å². The maximum absolute atomic E-state index is 13.1. The van der Waals surface area contributed by atoms with E-state index in [2.05, 4.69) is 0 Å². The van der Waals surface area contributed by atoms with Crippen molar-refractivity contribution >= 4 is 10.0 Å². The van der Waals surface area contributed by atoms with E-state index in [1.54, 1.807) is 24.3 Å². The Labute approximate surface area is 121 Å². The van der Waals surface area contributed by atoms with Crippen LogP contribution in [-0.4, -0.2) is 8.42 Å². The van der Waals surface area contributed by atoms with Crippen molar-refractivity contribution in [2.45, 2.75) is 11.5 Å². The molecule has 2 aromatic carbocycles. The highest BCUT2D eigenvalue weighted by Gasteiger charge is 2.16. The number of sulfonamides is 1. The summed E-state index contributed by atoms with van der Waals surface area (Å²) in [4.78, 5) is -0.418. The molecule has 0 saturated heterocycles. The molecule has 0 aliphatic heterocycles. The fourth-order valence-electron chi connectivity index (χ4n) is 1.72. The van der Waals surface area contributed by atoms with Crippen LogP contribution in [-0.2, 0) is 16.6 Å². The highest BCUT2D eigenvalue weighted by atomic mass is 32.2. The first-order valence-corrected chi connectivity index (χ1v) is 7.39. The summed E-state index contributed by atoms with van der Waals surface area (Å²) < 4.78 is 41.3. The van der Waals surface area contributed by atoms with E-state index in [0.717, 1.165) is 12.1 Å². The summed E-state index contributed by atoms with van der Waals surface area (Å²) >= 11 is 0. The van der Waals surface area contributed by atoms with Gasteiger partial charge >= 0.3 is 0 Å². The number of rotatable bonds is 4. The maximum atomic E-state index is 13.1. The van der Waals surface area contributed by atoms with Crippen molar-refractivity contribution in [2.24, 2.45) is 5.14 Å². The fourth-order valence-corrected chi connectivity index (χ4v) is 2.40. The summed E-state index contributed by atoms with van der Waals surface area (Å²) in [6.45, 7) is 0.0314. The van der Waals surface area contributed by atoms with Crippen LogP contribution in [0.5, 0.6) is 5.75 Å². The molecule has 0 saturated carbocycles. The molecule has 2 rings (SSSR count). The molecule has 7 heteroatoms. The first kappa shape index (κ1) is 15.0. The second-order valence-corrected chi connectivity index (χ2v) is 5.77. The summed E-state index contributed by atoms with van der Waals surface area (Å²) in [6, 6.07) is 11.7. The zero-order chi connectivity index (χ0) is 15.5. The Balaban J connectivity index is 2.26. The molecule has 2 N–H and O–H groups in total. The molecule has 0 aliphatic rings. The van der Waals surface area contributed by atoms with E-state index in [1.807, 2.05) is 6.07 Å². The normalized spacial score (nSPS) is 10.9. The third-order valence-corrected chi connectivity index (χ3v) is 3.59. The van der Waals surface area contributed by atoms with Crippen molar-refractivity contribution in [2.75, 3.05) is 0 Å². The Morgan fingerprint density at radius 3 is 2.67 bits per heavy atom. The van der Waals surface area contributed by atoms with Gasteiger partial charge in [0.15, 0.2) is 0 Å². The van der Waals surface area contributed by atoms with Gasteiger partial charge in [0.05, 0.1) is 11.6 Å². The van der Waals surface area contributed by atoms with Gasteiger partial charge in [-0.15, -0.1) is 0 Å². The van der Waals surface area contributed by atoms with E-state index in [0.29, 0.717) is 11.1 Å². The number of ether oxygens (including phenoxy) is 1. The molecule has 0 fully saturated rings. The molecule has 108 valence electrons. The van der Waals surface area contributed by atoms with Crippen LogP contribution < -0.4 is 9.88 Å². The van der Waals surface area contributed by atoms with E-state index in [1.165, 1.54) is 6.07 Å². The molecule has 0 atom stereocenters. The smallest absolute Gasteiger partial charge is 0.241 e. The monoisotopic (exact) mass is 306 g/mol. The first-order chi connectivity index (χ1) is 9.90. The molecule has 5 nitrogen and oxygen atoms in total. The maximum Gasteiger partial charge on any atom is 0.241 e. The van der Waals surface area contributed by atoms with Crippen LogP contribution in [0, 0.1) is 17.1 Å². The molecule has 2 aromatic rings. The van der Waals surface area contributed by atoms with Crippen LogP contribution in [0.3, 0.4) is 0 Å². The Morgan fingerprint density at radius 1 is 1.24 bits per heavy atom. The van der Waals surface area contributed by atoms with Crippen molar-refractivity contribution in [3.05, 3.63) is 59.4 Å². The van der Waals surface area contributed by atoms with E-state index in [-0.39, 0.29) is 12.4 Å². The van der Waals surface area contributed by atoms with E-state index in [4.69, 9.17) is 15.1 Å². The minimum Gasteiger partial charge on any atom is -0.487 e. The number of hydrogen-bond donors (Lipinski definition) is 1. The summed E-state index contributed by atoms with van der Waals surface area (Å²) in [5.74, 6) is -0.765. The summed E-state index contributed by atoms with van der Waals surface area (Å²) in [5.41, 5.74) is 1.14. The number of nitrogens with two attached hydrogens (primary N) is 1. The van der Waals surface area contributed by atoms with Crippen LogP contribution in [0.4, 0.5) is 4.39 Å². The third-order valence-electron chi connectivity index (χ3n) is 2.66. The standard InChI is InChI=1S/C14H11FN2O3S/c15-12-4-5-13(14(7-12)21(17,18)19)20-9-11-3-1-2-10(6-11)8-16/h1-7H,9H2,(H2,17,18,19). The van der Waals surface area contributed by atoms with Crippen molar-refractivity contribution in [1.29, 1.82) is 5.26 Å². The van der Waals surface area contributed by atoms with Gasteiger partial charge in [0.1, 0.15) is 23.1 Å². The van der Waals surface area contributed by atoms with Gasteiger partial charge in [0.2, 0.25) is 10.0 Å². The predicted octanol–water partition coefficient (Wildman–Crippen LogP) is 1.92. The highest BCUT2D eigenvalue weighted by Crippen LogP contribution is 2.24. The van der Waals surface area contributed by atoms with Gasteiger partial charge in [0, 0.05) is 0 Å². The third kappa shape index (κ3) is 3.78. The molecular weight excluding hydrogens is 295 g/mol. The number of nitriles is 1. The molecule has 0 aromatic heterocycles. The lowest BCUT2D eigenvalue weighted by Gasteiger charge is -2.10. The van der Waals surface area contributed by atoms with Gasteiger partial charge in [-0.05, 0) is 35.9 Å². The second kappa shape index (κ2) is 5.91. The lowest BCUT2D eigenvalue weighted by molar-refractivity contribution is 0.297. The largest absolute Gasteiger partial charge is 0.487 e. The number of nitrogens with zero attached hydrogens (tertiary/aromatic N) is 1. The number of benzene rings is 2. The zero-order valence-electron chi connectivity index (χ0n) is 10.8. The van der Waals surface area contributed by atoms with Crippen LogP contribution in [0.2, 0.25) is 0 Å². The van der Waals surface area contributed by atoms with Crippen LogP contribution >= 0.6 is 0 Å². The fraction of sp³-hybridized carbons (Fsp3) is 0.0714. The first-order valence-electron chi connectivity index (χ1n) is 5.84. The summed E-state index contributed by atoms with van der Waals surface area (Å²) in [7, 11) is -4.09. The van der Waals surface area contributed by atoms with Gasteiger partial charge in [-0.25, -0.2) is 17.9 Å². The quantitative estimate of drug-likeness (QED) is 0.934. The SMILES string of the molecule is N#Cc1cccc(COc2ccc(F)cc2S(N)(=O)=O)c1. The molecule has 0 heterocycles.